The summed E-state index contributed by atoms with van der Waals surface area (Å²) in [5.41, 5.74) is 0.775. The molecule has 17 heavy (non-hydrogen) atoms. The highest BCUT2D eigenvalue weighted by atomic mass is 16.5. The first-order chi connectivity index (χ1) is 8.31. The Balaban J connectivity index is 1.75. The predicted octanol–water partition coefficient (Wildman–Crippen LogP) is 0.526. The molecule has 1 aliphatic carbocycles. The molecule has 1 unspecified atom stereocenters. The first-order valence-corrected chi connectivity index (χ1v) is 6.22. The van der Waals surface area contributed by atoms with E-state index < -0.39 is 0 Å². The van der Waals surface area contributed by atoms with Crippen molar-refractivity contribution in [2.45, 2.75) is 37.8 Å². The van der Waals surface area contributed by atoms with Crippen LogP contribution in [0.5, 0.6) is 0 Å². The van der Waals surface area contributed by atoms with Crippen LogP contribution in [0.1, 0.15) is 36.7 Å². The molecule has 0 amide bonds. The van der Waals surface area contributed by atoms with E-state index in [2.05, 4.69) is 15.3 Å². The lowest BCUT2D eigenvalue weighted by atomic mass is 10.1. The lowest BCUT2D eigenvalue weighted by Gasteiger charge is -2.09. The van der Waals surface area contributed by atoms with E-state index in [0.29, 0.717) is 19.2 Å². The minimum Gasteiger partial charge on any atom is -0.381 e. The monoisotopic (exact) mass is 235 g/mol. The maximum atomic E-state index is 11.6. The van der Waals surface area contributed by atoms with Crippen molar-refractivity contribution in [1.82, 2.24) is 15.3 Å². The van der Waals surface area contributed by atoms with Crippen LogP contribution in [0.3, 0.4) is 0 Å². The average Bonchev–Trinajstić information content (AvgIpc) is 2.98. The molecular weight excluding hydrogens is 218 g/mol. The van der Waals surface area contributed by atoms with E-state index in [4.69, 9.17) is 4.74 Å². The van der Waals surface area contributed by atoms with Crippen molar-refractivity contribution < 1.29 is 4.74 Å². The fourth-order valence-electron chi connectivity index (χ4n) is 2.10. The molecule has 1 atom stereocenters. The molecule has 2 fully saturated rings. The summed E-state index contributed by atoms with van der Waals surface area (Å²) in [5.74, 6) is 1.03. The molecule has 5 nitrogen and oxygen atoms in total. The van der Waals surface area contributed by atoms with Gasteiger partial charge in [-0.05, 0) is 19.3 Å². The van der Waals surface area contributed by atoms with Gasteiger partial charge in [0.15, 0.2) is 0 Å². The number of nitrogens with one attached hydrogen (secondary N) is 2. The molecule has 1 saturated heterocycles. The standard InChI is InChI=1S/C12H17N3O2/c16-11-5-10(6-13-9-1-2-9)14-12(15-11)8-3-4-17-7-8/h5,8-9,13H,1-4,6-7H2,(H,14,15,16). The Labute approximate surface area is 99.6 Å². The molecule has 1 aromatic rings. The second kappa shape index (κ2) is 4.58. The maximum absolute atomic E-state index is 11.6. The molecule has 92 valence electrons. The van der Waals surface area contributed by atoms with E-state index in [9.17, 15) is 4.79 Å². The van der Waals surface area contributed by atoms with E-state index in [0.717, 1.165) is 24.5 Å². The fraction of sp³-hybridized carbons (Fsp3) is 0.667. The highest BCUT2D eigenvalue weighted by Crippen LogP contribution is 2.22. The first kappa shape index (κ1) is 10.9. The zero-order chi connectivity index (χ0) is 11.7. The van der Waals surface area contributed by atoms with Gasteiger partial charge in [-0.25, -0.2) is 4.98 Å². The van der Waals surface area contributed by atoms with Crippen molar-refractivity contribution in [2.24, 2.45) is 0 Å². The van der Waals surface area contributed by atoms with Crippen LogP contribution in [0.25, 0.3) is 0 Å². The van der Waals surface area contributed by atoms with Crippen LogP contribution in [-0.2, 0) is 11.3 Å². The van der Waals surface area contributed by atoms with E-state index >= 15 is 0 Å². The Hall–Kier alpha value is -1.20. The highest BCUT2D eigenvalue weighted by molar-refractivity contribution is 5.07. The van der Waals surface area contributed by atoms with Crippen LogP contribution in [0.2, 0.25) is 0 Å². The topological polar surface area (TPSA) is 67.0 Å². The van der Waals surface area contributed by atoms with Crippen molar-refractivity contribution >= 4 is 0 Å². The van der Waals surface area contributed by atoms with Crippen molar-refractivity contribution in [3.63, 3.8) is 0 Å². The van der Waals surface area contributed by atoms with E-state index in [-0.39, 0.29) is 11.5 Å². The fourth-order valence-corrected chi connectivity index (χ4v) is 2.10. The predicted molar refractivity (Wildman–Crippen MR) is 62.9 cm³/mol. The summed E-state index contributed by atoms with van der Waals surface area (Å²) >= 11 is 0. The Morgan fingerprint density at radius 1 is 1.47 bits per heavy atom. The summed E-state index contributed by atoms with van der Waals surface area (Å²) < 4.78 is 5.32. The number of aromatic nitrogens is 2. The van der Waals surface area contributed by atoms with E-state index in [1.807, 2.05) is 0 Å². The van der Waals surface area contributed by atoms with E-state index in [1.54, 1.807) is 6.07 Å². The van der Waals surface area contributed by atoms with Gasteiger partial charge in [0.2, 0.25) is 0 Å². The van der Waals surface area contributed by atoms with Gasteiger partial charge in [0.1, 0.15) is 5.82 Å². The summed E-state index contributed by atoms with van der Waals surface area (Å²) in [6, 6.07) is 2.21. The summed E-state index contributed by atoms with van der Waals surface area (Å²) in [6.07, 6.45) is 3.43. The van der Waals surface area contributed by atoms with Crippen LogP contribution in [-0.4, -0.2) is 29.2 Å². The molecule has 2 aliphatic rings. The van der Waals surface area contributed by atoms with Crippen LogP contribution < -0.4 is 10.9 Å². The number of rotatable bonds is 4. The SMILES string of the molecule is O=c1cc(CNC2CC2)nc(C2CCOC2)[nH]1. The van der Waals surface area contributed by atoms with Crippen molar-refractivity contribution in [3.8, 4) is 0 Å². The highest BCUT2D eigenvalue weighted by Gasteiger charge is 2.22. The van der Waals surface area contributed by atoms with Gasteiger partial charge in [0.25, 0.3) is 5.56 Å². The van der Waals surface area contributed by atoms with E-state index in [1.165, 1.54) is 12.8 Å². The minimum atomic E-state index is -0.0607. The second-order valence-electron chi connectivity index (χ2n) is 4.84. The second-order valence-corrected chi connectivity index (χ2v) is 4.84. The van der Waals surface area contributed by atoms with Crippen molar-refractivity contribution in [3.05, 3.63) is 27.9 Å². The average molecular weight is 235 g/mol. The molecule has 0 spiro atoms. The molecule has 2 N–H and O–H groups in total. The molecule has 0 radical (unpaired) electrons. The van der Waals surface area contributed by atoms with Crippen molar-refractivity contribution in [2.75, 3.05) is 13.2 Å². The van der Waals surface area contributed by atoms with Crippen LogP contribution in [0.4, 0.5) is 0 Å². The van der Waals surface area contributed by atoms with Crippen LogP contribution in [0.15, 0.2) is 10.9 Å². The molecule has 3 rings (SSSR count). The molecule has 1 aliphatic heterocycles. The Kier molecular flexibility index (Phi) is 2.94. The molecule has 0 aromatic carbocycles. The normalized spacial score (nSPS) is 24.1. The summed E-state index contributed by atoms with van der Waals surface area (Å²) in [7, 11) is 0. The maximum Gasteiger partial charge on any atom is 0.251 e. The summed E-state index contributed by atoms with van der Waals surface area (Å²) in [6.45, 7) is 2.12. The van der Waals surface area contributed by atoms with Crippen LogP contribution >= 0.6 is 0 Å². The molecule has 1 aromatic heterocycles. The third-order valence-corrected chi connectivity index (χ3v) is 3.28. The molecule has 0 bridgehead atoms. The molecule has 2 heterocycles. The van der Waals surface area contributed by atoms with Crippen LogP contribution in [0, 0.1) is 0 Å². The molecular formula is C12H17N3O2. The number of aromatic amines is 1. The zero-order valence-electron chi connectivity index (χ0n) is 9.74. The lowest BCUT2D eigenvalue weighted by molar-refractivity contribution is 0.193. The minimum absolute atomic E-state index is 0.0607. The first-order valence-electron chi connectivity index (χ1n) is 6.22. The summed E-state index contributed by atoms with van der Waals surface area (Å²) in [5, 5.41) is 3.37. The number of hydrogen-bond acceptors (Lipinski definition) is 4. The van der Waals surface area contributed by atoms with Gasteiger partial charge in [-0.15, -0.1) is 0 Å². The van der Waals surface area contributed by atoms with Gasteiger partial charge >= 0.3 is 0 Å². The number of hydrogen-bond donors (Lipinski definition) is 2. The van der Waals surface area contributed by atoms with Gasteiger partial charge in [0, 0.05) is 31.2 Å². The Bertz CT molecular complexity index is 447. The van der Waals surface area contributed by atoms with Crippen molar-refractivity contribution in [1.29, 1.82) is 0 Å². The lowest BCUT2D eigenvalue weighted by Crippen LogP contribution is -2.21. The zero-order valence-corrected chi connectivity index (χ0v) is 9.74. The number of nitrogens with zero attached hydrogens (tertiary/aromatic N) is 1. The largest absolute Gasteiger partial charge is 0.381 e. The summed E-state index contributed by atoms with van der Waals surface area (Å²) in [4.78, 5) is 18.9. The van der Waals surface area contributed by atoms with Gasteiger partial charge in [0.05, 0.1) is 12.3 Å². The molecule has 5 heteroatoms. The third-order valence-electron chi connectivity index (χ3n) is 3.28. The quantitative estimate of drug-likeness (QED) is 0.798. The van der Waals surface area contributed by atoms with Gasteiger partial charge < -0.3 is 15.0 Å². The Morgan fingerprint density at radius 2 is 2.35 bits per heavy atom. The van der Waals surface area contributed by atoms with Gasteiger partial charge in [-0.1, -0.05) is 0 Å². The third kappa shape index (κ3) is 2.73. The number of ether oxygens (including phenoxy) is 1. The smallest absolute Gasteiger partial charge is 0.251 e. The van der Waals surface area contributed by atoms with Gasteiger partial charge in [-0.3, -0.25) is 4.79 Å². The van der Waals surface area contributed by atoms with Gasteiger partial charge in [-0.2, -0.15) is 0 Å². The Morgan fingerprint density at radius 3 is 3.06 bits per heavy atom. The number of H-pyrrole nitrogens is 1. The molecule has 1 saturated carbocycles.